The van der Waals surface area contributed by atoms with E-state index in [4.69, 9.17) is 4.74 Å². The zero-order chi connectivity index (χ0) is 18.4. The van der Waals surface area contributed by atoms with Crippen molar-refractivity contribution in [3.63, 3.8) is 0 Å². The van der Waals surface area contributed by atoms with Gasteiger partial charge in [0.05, 0.1) is 17.6 Å². The van der Waals surface area contributed by atoms with Crippen LogP contribution in [0.4, 0.5) is 5.69 Å². The summed E-state index contributed by atoms with van der Waals surface area (Å²) >= 11 is 0. The quantitative estimate of drug-likeness (QED) is 0.458. The van der Waals surface area contributed by atoms with Crippen molar-refractivity contribution in [2.45, 2.75) is 13.5 Å². The van der Waals surface area contributed by atoms with Gasteiger partial charge < -0.3 is 9.64 Å². The molecule has 2 aromatic rings. The largest absolute Gasteiger partial charge is 0.496 e. The molecule has 6 heteroatoms. The van der Waals surface area contributed by atoms with E-state index < -0.39 is 4.92 Å². The molecule has 2 aromatic carbocycles. The van der Waals surface area contributed by atoms with Crippen LogP contribution in [-0.2, 0) is 11.3 Å². The lowest BCUT2D eigenvalue weighted by Crippen LogP contribution is -2.24. The summed E-state index contributed by atoms with van der Waals surface area (Å²) in [6.07, 6.45) is 2.80. The predicted molar refractivity (Wildman–Crippen MR) is 96.3 cm³/mol. The molecule has 130 valence electrons. The fraction of sp³-hybridized carbons (Fsp3) is 0.211. The van der Waals surface area contributed by atoms with Gasteiger partial charge in [0, 0.05) is 31.3 Å². The average molecular weight is 340 g/mol. The number of methoxy groups -OCH3 is 1. The van der Waals surface area contributed by atoms with E-state index in [-0.39, 0.29) is 11.6 Å². The SMILES string of the molecule is COc1ccc(C)cc1CN(C)C(=O)/C=C/c1ccccc1[N+](=O)[O-]. The van der Waals surface area contributed by atoms with Gasteiger partial charge in [0.25, 0.3) is 5.69 Å². The van der Waals surface area contributed by atoms with Crippen LogP contribution in [0.15, 0.2) is 48.5 Å². The summed E-state index contributed by atoms with van der Waals surface area (Å²) < 4.78 is 5.32. The minimum Gasteiger partial charge on any atom is -0.496 e. The van der Waals surface area contributed by atoms with Gasteiger partial charge in [-0.3, -0.25) is 14.9 Å². The first-order valence-corrected chi connectivity index (χ1v) is 7.72. The van der Waals surface area contributed by atoms with Crippen molar-refractivity contribution in [1.29, 1.82) is 0 Å². The van der Waals surface area contributed by atoms with Crippen molar-refractivity contribution in [3.05, 3.63) is 75.3 Å². The number of aryl methyl sites for hydroxylation is 1. The van der Waals surface area contributed by atoms with Crippen LogP contribution >= 0.6 is 0 Å². The van der Waals surface area contributed by atoms with Gasteiger partial charge in [0.15, 0.2) is 0 Å². The van der Waals surface area contributed by atoms with Crippen molar-refractivity contribution in [2.75, 3.05) is 14.2 Å². The highest BCUT2D eigenvalue weighted by molar-refractivity contribution is 5.92. The molecular weight excluding hydrogens is 320 g/mol. The third-order valence-electron chi connectivity index (χ3n) is 3.76. The first-order valence-electron chi connectivity index (χ1n) is 7.72. The highest BCUT2D eigenvalue weighted by Crippen LogP contribution is 2.22. The maximum Gasteiger partial charge on any atom is 0.276 e. The second-order valence-corrected chi connectivity index (χ2v) is 5.66. The number of rotatable bonds is 6. The van der Waals surface area contributed by atoms with E-state index in [9.17, 15) is 14.9 Å². The summed E-state index contributed by atoms with van der Waals surface area (Å²) in [4.78, 5) is 24.4. The number of para-hydroxylation sites is 1. The lowest BCUT2D eigenvalue weighted by molar-refractivity contribution is -0.385. The number of carbonyl (C=O) groups excluding carboxylic acids is 1. The number of carbonyl (C=O) groups is 1. The van der Waals surface area contributed by atoms with Crippen LogP contribution in [0.5, 0.6) is 5.75 Å². The van der Waals surface area contributed by atoms with Gasteiger partial charge in [0.2, 0.25) is 5.91 Å². The summed E-state index contributed by atoms with van der Waals surface area (Å²) in [6.45, 7) is 2.35. The average Bonchev–Trinajstić information content (AvgIpc) is 2.60. The molecular formula is C19H20N2O4. The molecule has 0 saturated carbocycles. The molecule has 0 heterocycles. The van der Waals surface area contributed by atoms with Crippen LogP contribution in [0.3, 0.4) is 0 Å². The standard InChI is InChI=1S/C19H20N2O4/c1-14-8-10-18(25-3)16(12-14)13-20(2)19(22)11-9-15-6-4-5-7-17(15)21(23)24/h4-12H,13H2,1-3H3/b11-9+. The first kappa shape index (κ1) is 18.2. The summed E-state index contributed by atoms with van der Waals surface area (Å²) in [5.74, 6) is 0.467. The zero-order valence-electron chi connectivity index (χ0n) is 14.4. The van der Waals surface area contributed by atoms with Crippen molar-refractivity contribution >= 4 is 17.7 Å². The number of nitrogens with zero attached hydrogens (tertiary/aromatic N) is 2. The monoisotopic (exact) mass is 340 g/mol. The second kappa shape index (κ2) is 8.10. The Hall–Kier alpha value is -3.15. The Morgan fingerprint density at radius 2 is 2.00 bits per heavy atom. The van der Waals surface area contributed by atoms with E-state index in [1.807, 2.05) is 25.1 Å². The Labute approximate surface area is 146 Å². The van der Waals surface area contributed by atoms with Crippen LogP contribution in [0, 0.1) is 17.0 Å². The molecule has 0 aromatic heterocycles. The number of hydrogen-bond acceptors (Lipinski definition) is 4. The Kier molecular flexibility index (Phi) is 5.89. The molecule has 1 amide bonds. The van der Waals surface area contributed by atoms with Crippen molar-refractivity contribution in [1.82, 2.24) is 4.90 Å². The molecule has 0 bridgehead atoms. The lowest BCUT2D eigenvalue weighted by Gasteiger charge is -2.17. The highest BCUT2D eigenvalue weighted by atomic mass is 16.6. The number of likely N-dealkylation sites (N-methyl/N-ethyl adjacent to an activating group) is 1. The van der Waals surface area contributed by atoms with Crippen molar-refractivity contribution in [3.8, 4) is 5.75 Å². The van der Waals surface area contributed by atoms with Crippen LogP contribution in [0.2, 0.25) is 0 Å². The summed E-state index contributed by atoms with van der Waals surface area (Å²) in [6, 6.07) is 12.1. The van der Waals surface area contributed by atoms with Crippen molar-refractivity contribution in [2.24, 2.45) is 0 Å². The van der Waals surface area contributed by atoms with Gasteiger partial charge in [-0.2, -0.15) is 0 Å². The highest BCUT2D eigenvalue weighted by Gasteiger charge is 2.12. The van der Waals surface area contributed by atoms with E-state index in [1.165, 1.54) is 23.1 Å². The molecule has 2 rings (SSSR count). The van der Waals surface area contributed by atoms with E-state index in [2.05, 4.69) is 0 Å². The van der Waals surface area contributed by atoms with E-state index in [1.54, 1.807) is 32.4 Å². The van der Waals surface area contributed by atoms with Crippen LogP contribution in [-0.4, -0.2) is 29.9 Å². The van der Waals surface area contributed by atoms with Gasteiger partial charge in [0.1, 0.15) is 5.75 Å². The van der Waals surface area contributed by atoms with Gasteiger partial charge in [-0.1, -0.05) is 29.8 Å². The number of nitro groups is 1. The van der Waals surface area contributed by atoms with E-state index >= 15 is 0 Å². The molecule has 0 spiro atoms. The first-order chi connectivity index (χ1) is 11.9. The molecule has 0 saturated heterocycles. The van der Waals surface area contributed by atoms with E-state index in [0.717, 1.165) is 11.1 Å². The Morgan fingerprint density at radius 3 is 2.68 bits per heavy atom. The molecule has 0 atom stereocenters. The van der Waals surface area contributed by atoms with Crippen molar-refractivity contribution < 1.29 is 14.5 Å². The van der Waals surface area contributed by atoms with Gasteiger partial charge in [-0.15, -0.1) is 0 Å². The fourth-order valence-electron chi connectivity index (χ4n) is 2.45. The van der Waals surface area contributed by atoms with Crippen LogP contribution in [0.25, 0.3) is 6.08 Å². The third-order valence-corrected chi connectivity index (χ3v) is 3.76. The molecule has 0 fully saturated rings. The minimum absolute atomic E-state index is 0.0328. The lowest BCUT2D eigenvalue weighted by atomic mass is 10.1. The van der Waals surface area contributed by atoms with Gasteiger partial charge in [-0.25, -0.2) is 0 Å². The summed E-state index contributed by atoms with van der Waals surface area (Å²) in [5, 5.41) is 11.0. The molecule has 0 N–H and O–H groups in total. The number of amides is 1. The molecule has 25 heavy (non-hydrogen) atoms. The molecule has 0 unspecified atom stereocenters. The summed E-state index contributed by atoms with van der Waals surface area (Å²) in [7, 11) is 3.26. The number of hydrogen-bond donors (Lipinski definition) is 0. The maximum absolute atomic E-state index is 12.3. The van der Waals surface area contributed by atoms with E-state index in [0.29, 0.717) is 17.9 Å². The maximum atomic E-state index is 12.3. The number of ether oxygens (including phenoxy) is 1. The smallest absolute Gasteiger partial charge is 0.276 e. The fourth-order valence-corrected chi connectivity index (χ4v) is 2.45. The second-order valence-electron chi connectivity index (χ2n) is 5.66. The normalized spacial score (nSPS) is 10.7. The molecule has 0 radical (unpaired) electrons. The molecule has 6 nitrogen and oxygen atoms in total. The topological polar surface area (TPSA) is 72.7 Å². The van der Waals surface area contributed by atoms with Crippen LogP contribution in [0.1, 0.15) is 16.7 Å². The Bertz CT molecular complexity index is 815. The van der Waals surface area contributed by atoms with Gasteiger partial charge >= 0.3 is 0 Å². The minimum atomic E-state index is -0.467. The third kappa shape index (κ3) is 4.67. The zero-order valence-corrected chi connectivity index (χ0v) is 14.4. The molecule has 0 aliphatic heterocycles. The molecule has 0 aliphatic carbocycles. The Balaban J connectivity index is 2.14. The van der Waals surface area contributed by atoms with Gasteiger partial charge in [-0.05, 0) is 25.1 Å². The predicted octanol–water partition coefficient (Wildman–Crippen LogP) is 3.58. The Morgan fingerprint density at radius 1 is 1.28 bits per heavy atom. The number of benzene rings is 2. The molecule has 0 aliphatic rings. The number of nitro benzene ring substituents is 1. The summed E-state index contributed by atoms with van der Waals surface area (Å²) in [5.41, 5.74) is 2.33. The van der Waals surface area contributed by atoms with Crippen LogP contribution < -0.4 is 4.74 Å².